The van der Waals surface area contributed by atoms with E-state index in [2.05, 4.69) is 10.2 Å². The van der Waals surface area contributed by atoms with Crippen LogP contribution in [0.25, 0.3) is 0 Å². The number of rotatable bonds is 3. The summed E-state index contributed by atoms with van der Waals surface area (Å²) in [5.41, 5.74) is -1.50. The number of piperidine rings is 1. The van der Waals surface area contributed by atoms with Crippen molar-refractivity contribution in [3.05, 3.63) is 52.3 Å². The maximum absolute atomic E-state index is 15.7. The molecule has 1 saturated heterocycles. The minimum Gasteiger partial charge on any atom is -0.337 e. The van der Waals surface area contributed by atoms with E-state index in [9.17, 15) is 22.8 Å². The summed E-state index contributed by atoms with van der Waals surface area (Å²) in [4.78, 5) is 26.4. The van der Waals surface area contributed by atoms with E-state index >= 15 is 4.39 Å². The number of amides is 1. The number of aromatic nitrogens is 2. The van der Waals surface area contributed by atoms with Crippen LogP contribution in [0.4, 0.5) is 17.6 Å². The normalized spacial score (nSPS) is 21.1. The zero-order chi connectivity index (χ0) is 23.8. The fourth-order valence-electron chi connectivity index (χ4n) is 5.05. The van der Waals surface area contributed by atoms with Crippen LogP contribution >= 0.6 is 0 Å². The van der Waals surface area contributed by atoms with Gasteiger partial charge < -0.3 is 4.90 Å². The van der Waals surface area contributed by atoms with Crippen molar-refractivity contribution >= 4 is 11.7 Å². The molecule has 2 aromatic rings. The lowest BCUT2D eigenvalue weighted by Crippen LogP contribution is -2.44. The third-order valence-corrected chi connectivity index (χ3v) is 7.01. The number of aromatic amines is 1. The number of benzene rings is 1. The summed E-state index contributed by atoms with van der Waals surface area (Å²) in [5, 5.41) is 7.16. The van der Waals surface area contributed by atoms with Crippen molar-refractivity contribution in [1.29, 1.82) is 0 Å². The van der Waals surface area contributed by atoms with Crippen LogP contribution in [0.3, 0.4) is 0 Å². The molecule has 9 heteroatoms. The Morgan fingerprint density at radius 1 is 1.12 bits per heavy atom. The molecule has 2 aliphatic rings. The molecule has 0 radical (unpaired) electrons. The first-order chi connectivity index (χ1) is 15.6. The van der Waals surface area contributed by atoms with Crippen LogP contribution in [0.2, 0.25) is 0 Å². The van der Waals surface area contributed by atoms with Crippen LogP contribution in [0.15, 0.2) is 24.3 Å². The van der Waals surface area contributed by atoms with E-state index in [1.807, 2.05) is 0 Å². The Morgan fingerprint density at radius 2 is 1.82 bits per heavy atom. The Balaban J connectivity index is 1.48. The van der Waals surface area contributed by atoms with Crippen LogP contribution in [0.5, 0.6) is 0 Å². The van der Waals surface area contributed by atoms with E-state index in [-0.39, 0.29) is 49.1 Å². The minimum atomic E-state index is -4.64. The van der Waals surface area contributed by atoms with Crippen molar-refractivity contribution in [1.82, 2.24) is 15.1 Å². The number of fused-ring (bicyclic) bond motifs is 1. The first-order valence-electron chi connectivity index (χ1n) is 11.3. The molecule has 33 heavy (non-hydrogen) atoms. The molecule has 1 aliphatic heterocycles. The molecule has 4 rings (SSSR count). The lowest BCUT2D eigenvalue weighted by molar-refractivity contribution is -0.140. The first-order valence-corrected chi connectivity index (χ1v) is 11.3. The van der Waals surface area contributed by atoms with E-state index in [4.69, 9.17) is 0 Å². The highest BCUT2D eigenvalue weighted by atomic mass is 19.4. The molecule has 2 heterocycles. The van der Waals surface area contributed by atoms with Crippen LogP contribution in [-0.4, -0.2) is 39.9 Å². The summed E-state index contributed by atoms with van der Waals surface area (Å²) in [6.45, 7) is 1.62. The SMILES string of the molecule is CC(=O)C1CCCc2c(C(=O)N3CCC(F)(c4ccccc4C(F)(F)F)CC3)n[nH]c2CC1. The van der Waals surface area contributed by atoms with E-state index in [0.29, 0.717) is 25.0 Å². The van der Waals surface area contributed by atoms with Gasteiger partial charge >= 0.3 is 6.18 Å². The highest BCUT2D eigenvalue weighted by molar-refractivity contribution is 5.94. The quantitative estimate of drug-likeness (QED) is 0.649. The van der Waals surface area contributed by atoms with E-state index in [0.717, 1.165) is 30.2 Å². The summed E-state index contributed by atoms with van der Waals surface area (Å²) in [6.07, 6.45) is -1.59. The maximum Gasteiger partial charge on any atom is 0.416 e. The number of aryl methyl sites for hydroxylation is 1. The molecular formula is C24H27F4N3O2. The second kappa shape index (κ2) is 8.91. The molecule has 1 N–H and O–H groups in total. The van der Waals surface area contributed by atoms with Crippen molar-refractivity contribution in [2.75, 3.05) is 13.1 Å². The summed E-state index contributed by atoms with van der Waals surface area (Å²) in [7, 11) is 0. The Morgan fingerprint density at radius 3 is 2.48 bits per heavy atom. The van der Waals surface area contributed by atoms with E-state index in [1.54, 1.807) is 6.92 Å². The topological polar surface area (TPSA) is 66.1 Å². The monoisotopic (exact) mass is 465 g/mol. The van der Waals surface area contributed by atoms with Gasteiger partial charge in [-0.3, -0.25) is 14.7 Å². The molecule has 5 nitrogen and oxygen atoms in total. The Kier molecular flexibility index (Phi) is 6.33. The summed E-state index contributed by atoms with van der Waals surface area (Å²) in [5.74, 6) is -0.147. The van der Waals surface area contributed by atoms with Gasteiger partial charge in [0.2, 0.25) is 0 Å². The number of alkyl halides is 4. The Bertz CT molecular complexity index is 1040. The van der Waals surface area contributed by atoms with Gasteiger partial charge in [0.15, 0.2) is 5.69 Å². The number of nitrogens with one attached hydrogen (secondary N) is 1. The molecule has 1 unspecified atom stereocenters. The number of carbonyl (C=O) groups excluding carboxylic acids is 2. The second-order valence-corrected chi connectivity index (χ2v) is 9.07. The molecule has 1 amide bonds. The van der Waals surface area contributed by atoms with Gasteiger partial charge in [0.05, 0.1) is 5.56 Å². The number of nitrogens with zero attached hydrogens (tertiary/aromatic N) is 2. The van der Waals surface area contributed by atoms with Gasteiger partial charge in [0.1, 0.15) is 11.5 Å². The van der Waals surface area contributed by atoms with Gasteiger partial charge in [0, 0.05) is 48.7 Å². The number of H-pyrrole nitrogens is 1. The lowest BCUT2D eigenvalue weighted by atomic mass is 9.83. The third kappa shape index (κ3) is 4.68. The number of Topliss-reactive ketones (excluding diaryl/α,β-unsaturated/α-hetero) is 1. The number of hydrogen-bond acceptors (Lipinski definition) is 3. The van der Waals surface area contributed by atoms with Crippen LogP contribution in [-0.2, 0) is 29.5 Å². The fourth-order valence-corrected chi connectivity index (χ4v) is 5.05. The smallest absolute Gasteiger partial charge is 0.337 e. The zero-order valence-corrected chi connectivity index (χ0v) is 18.5. The Labute approximate surface area is 189 Å². The summed E-state index contributed by atoms with van der Waals surface area (Å²) in [6, 6.07) is 4.73. The molecule has 1 aromatic heterocycles. The van der Waals surface area contributed by atoms with Gasteiger partial charge in [-0.25, -0.2) is 4.39 Å². The number of carbonyl (C=O) groups is 2. The molecule has 1 aromatic carbocycles. The second-order valence-electron chi connectivity index (χ2n) is 9.07. The number of likely N-dealkylation sites (tertiary alicyclic amines) is 1. The largest absolute Gasteiger partial charge is 0.416 e. The molecule has 1 aliphatic carbocycles. The van der Waals surface area contributed by atoms with Gasteiger partial charge in [-0.15, -0.1) is 0 Å². The molecule has 1 fully saturated rings. The van der Waals surface area contributed by atoms with Gasteiger partial charge in [-0.05, 0) is 45.1 Å². The molecule has 178 valence electrons. The predicted molar refractivity (Wildman–Crippen MR) is 113 cm³/mol. The van der Waals surface area contributed by atoms with Crippen LogP contribution in [0.1, 0.15) is 71.9 Å². The van der Waals surface area contributed by atoms with Crippen molar-refractivity contribution in [3.63, 3.8) is 0 Å². The average Bonchev–Trinajstić information content (AvgIpc) is 3.14. The minimum absolute atomic E-state index is 0.00949. The molecular weight excluding hydrogens is 438 g/mol. The van der Waals surface area contributed by atoms with Crippen molar-refractivity contribution in [2.24, 2.45) is 5.92 Å². The molecule has 1 atom stereocenters. The highest BCUT2D eigenvalue weighted by Gasteiger charge is 2.44. The number of hydrogen-bond donors (Lipinski definition) is 1. The van der Waals surface area contributed by atoms with Crippen molar-refractivity contribution in [2.45, 2.75) is 63.7 Å². The number of halogens is 4. The average molecular weight is 465 g/mol. The zero-order valence-electron chi connectivity index (χ0n) is 18.5. The lowest BCUT2D eigenvalue weighted by Gasteiger charge is -2.37. The number of ketones is 1. The summed E-state index contributed by atoms with van der Waals surface area (Å²) < 4.78 is 55.8. The van der Waals surface area contributed by atoms with Gasteiger partial charge in [-0.1, -0.05) is 18.2 Å². The van der Waals surface area contributed by atoms with Crippen LogP contribution < -0.4 is 0 Å². The molecule has 0 saturated carbocycles. The molecule has 0 bridgehead atoms. The standard InChI is InChI=1S/C24H27F4N3O2/c1-15(32)16-5-4-6-17-20(10-9-16)29-30-21(17)22(33)31-13-11-23(25,12-14-31)18-7-2-3-8-19(18)24(26,27)28/h2-3,7-8,16H,4-6,9-14H2,1H3,(H,29,30). The Hall–Kier alpha value is -2.71. The van der Waals surface area contributed by atoms with Gasteiger partial charge in [0.25, 0.3) is 5.91 Å². The summed E-state index contributed by atoms with van der Waals surface area (Å²) >= 11 is 0. The third-order valence-electron chi connectivity index (χ3n) is 7.01. The molecule has 0 spiro atoms. The highest BCUT2D eigenvalue weighted by Crippen LogP contribution is 2.43. The van der Waals surface area contributed by atoms with Crippen molar-refractivity contribution < 1.29 is 27.2 Å². The first kappa shape index (κ1) is 23.4. The maximum atomic E-state index is 15.7. The predicted octanol–water partition coefficient (Wildman–Crippen LogP) is 5.00. The van der Waals surface area contributed by atoms with Crippen molar-refractivity contribution in [3.8, 4) is 0 Å². The van der Waals surface area contributed by atoms with E-state index < -0.39 is 17.4 Å². The van der Waals surface area contributed by atoms with Crippen LogP contribution in [0, 0.1) is 5.92 Å². The van der Waals surface area contributed by atoms with E-state index in [1.165, 1.54) is 23.1 Å². The fraction of sp³-hybridized carbons (Fsp3) is 0.542. The van der Waals surface area contributed by atoms with Gasteiger partial charge in [-0.2, -0.15) is 18.3 Å².